The largest absolute Gasteiger partial charge is 0.465 e. The van der Waals surface area contributed by atoms with Crippen LogP contribution in [0.5, 0.6) is 0 Å². The molecule has 0 radical (unpaired) electrons. The van der Waals surface area contributed by atoms with Crippen molar-refractivity contribution < 1.29 is 28.7 Å². The number of thiazole rings is 1. The zero-order valence-electron chi connectivity index (χ0n) is 31.9. The number of ether oxygens (including phenoxy) is 1. The molecule has 0 unspecified atom stereocenters. The molecule has 1 saturated heterocycles. The topological polar surface area (TPSA) is 143 Å². The number of anilines is 2. The number of hydrogen-bond donors (Lipinski definition) is 3. The van der Waals surface area contributed by atoms with Crippen LogP contribution in [0, 0.1) is 5.41 Å². The molecule has 4 rings (SSSR count). The van der Waals surface area contributed by atoms with Crippen LogP contribution in [-0.2, 0) is 26.8 Å². The van der Waals surface area contributed by atoms with Gasteiger partial charge in [-0.25, -0.2) is 14.6 Å². The highest BCUT2D eigenvalue weighted by Crippen LogP contribution is 2.52. The standard InChI is InChI=1S/C38H55N5O6SSi/c1-35(2,3)38(19-18-29(43(38)34(46)47)31(26-13-12-20-39-23-26)49-51(10,11)37(7,8)9)22-25-14-16-27(17-15-25)40-30(44)21-28-24-50-32(41-28)42-33(45)48-36(4,5)6/h12-17,20,23-24,29,31H,18-19,21-22H2,1-11H3,(H,40,44)(H,46,47)(H,41,42,45)/t29-,31-,38+/m1/s1. The van der Waals surface area contributed by atoms with Crippen LogP contribution < -0.4 is 10.6 Å². The van der Waals surface area contributed by atoms with Gasteiger partial charge in [-0.3, -0.25) is 20.0 Å². The Kier molecular flexibility index (Phi) is 11.8. The molecule has 0 spiro atoms. The second-order valence-electron chi connectivity index (χ2n) is 17.0. The maximum atomic E-state index is 13.4. The van der Waals surface area contributed by atoms with E-state index in [2.05, 4.69) is 75.2 Å². The van der Waals surface area contributed by atoms with E-state index in [0.717, 1.165) is 11.1 Å². The molecule has 1 fully saturated rings. The van der Waals surface area contributed by atoms with Crippen LogP contribution in [0.3, 0.4) is 0 Å². The molecule has 1 aromatic carbocycles. The zero-order chi connectivity index (χ0) is 38.0. The molecular formula is C38H55N5O6SSi. The number of likely N-dealkylation sites (tertiary alicyclic amines) is 1. The number of nitrogens with one attached hydrogen (secondary N) is 2. The third-order valence-corrected chi connectivity index (χ3v) is 15.3. The van der Waals surface area contributed by atoms with Gasteiger partial charge in [0.1, 0.15) is 5.60 Å². The lowest BCUT2D eigenvalue weighted by Gasteiger charge is -2.50. The van der Waals surface area contributed by atoms with Crippen molar-refractivity contribution in [2.24, 2.45) is 5.41 Å². The fourth-order valence-corrected chi connectivity index (χ4v) is 8.37. The average molecular weight is 738 g/mol. The van der Waals surface area contributed by atoms with E-state index in [9.17, 15) is 19.5 Å². The van der Waals surface area contributed by atoms with E-state index in [1.54, 1.807) is 43.4 Å². The van der Waals surface area contributed by atoms with Crippen LogP contribution in [0.2, 0.25) is 18.1 Å². The lowest BCUT2D eigenvalue weighted by Crippen LogP contribution is -2.60. The third kappa shape index (κ3) is 9.75. The number of rotatable bonds is 10. The molecule has 278 valence electrons. The summed E-state index contributed by atoms with van der Waals surface area (Å²) in [6.45, 7) is 22.6. The number of pyridine rings is 1. The monoisotopic (exact) mass is 737 g/mol. The normalized spacial score (nSPS) is 19.0. The SMILES string of the molecule is CC(C)(C)OC(=O)Nc1nc(CC(=O)Nc2ccc(C[C@]3(C(C)(C)C)CC[C@H]([C@H](O[Si](C)(C)C(C)(C)C)c4cccnc4)N3C(=O)O)cc2)cs1. The molecule has 2 aromatic heterocycles. The molecule has 1 aliphatic heterocycles. The Hall–Kier alpha value is -3.81. The Labute approximate surface area is 307 Å². The molecule has 1 aliphatic rings. The van der Waals surface area contributed by atoms with Gasteiger partial charge in [0.05, 0.1) is 29.8 Å². The highest BCUT2D eigenvalue weighted by molar-refractivity contribution is 7.13. The Morgan fingerprint density at radius 2 is 1.71 bits per heavy atom. The molecule has 51 heavy (non-hydrogen) atoms. The fraction of sp³-hybridized carbons (Fsp3) is 0.553. The van der Waals surface area contributed by atoms with E-state index >= 15 is 0 Å². The summed E-state index contributed by atoms with van der Waals surface area (Å²) < 4.78 is 12.3. The van der Waals surface area contributed by atoms with E-state index in [4.69, 9.17) is 9.16 Å². The van der Waals surface area contributed by atoms with Crippen molar-refractivity contribution >= 4 is 48.6 Å². The van der Waals surface area contributed by atoms with Crippen molar-refractivity contribution in [2.75, 3.05) is 10.6 Å². The van der Waals surface area contributed by atoms with Gasteiger partial charge in [0.15, 0.2) is 13.4 Å². The van der Waals surface area contributed by atoms with Gasteiger partial charge < -0.3 is 19.6 Å². The van der Waals surface area contributed by atoms with E-state index in [1.165, 1.54) is 11.3 Å². The first-order chi connectivity index (χ1) is 23.5. The molecular weight excluding hydrogens is 683 g/mol. The molecule has 11 nitrogen and oxygen atoms in total. The summed E-state index contributed by atoms with van der Waals surface area (Å²) in [4.78, 5) is 48.8. The second-order valence-corrected chi connectivity index (χ2v) is 22.6. The van der Waals surface area contributed by atoms with Gasteiger partial charge in [0, 0.05) is 23.5 Å². The van der Waals surface area contributed by atoms with Gasteiger partial charge in [-0.15, -0.1) is 11.3 Å². The summed E-state index contributed by atoms with van der Waals surface area (Å²) in [6.07, 6.45) is 3.35. The van der Waals surface area contributed by atoms with Crippen molar-refractivity contribution in [3.8, 4) is 0 Å². The lowest BCUT2D eigenvalue weighted by atomic mass is 9.68. The van der Waals surface area contributed by atoms with E-state index in [1.807, 2.05) is 36.4 Å². The van der Waals surface area contributed by atoms with Crippen LogP contribution in [0.1, 0.15) is 98.1 Å². The molecule has 0 bridgehead atoms. The minimum absolute atomic E-state index is 0.0331. The van der Waals surface area contributed by atoms with Crippen LogP contribution in [-0.4, -0.2) is 63.6 Å². The second kappa shape index (κ2) is 15.0. The first-order valence-electron chi connectivity index (χ1n) is 17.4. The maximum Gasteiger partial charge on any atom is 0.413 e. The van der Waals surface area contributed by atoms with Gasteiger partial charge in [0.25, 0.3) is 0 Å². The quantitative estimate of drug-likeness (QED) is 0.175. The number of carboxylic acid groups (broad SMARTS) is 1. The minimum Gasteiger partial charge on any atom is -0.465 e. The molecule has 13 heteroatoms. The Balaban J connectivity index is 1.52. The van der Waals surface area contributed by atoms with Crippen molar-refractivity contribution in [1.82, 2.24) is 14.9 Å². The fourth-order valence-electron chi connectivity index (χ4n) is 6.40. The first kappa shape index (κ1) is 40.0. The van der Waals surface area contributed by atoms with E-state index < -0.39 is 49.2 Å². The number of aromatic nitrogens is 2. The molecule has 3 amide bonds. The van der Waals surface area contributed by atoms with Crippen LogP contribution in [0.25, 0.3) is 0 Å². The van der Waals surface area contributed by atoms with Crippen LogP contribution in [0.15, 0.2) is 54.2 Å². The molecule has 3 atom stereocenters. The van der Waals surface area contributed by atoms with Gasteiger partial charge in [0.2, 0.25) is 5.91 Å². The number of hydrogen-bond acceptors (Lipinski definition) is 8. The predicted molar refractivity (Wildman–Crippen MR) is 205 cm³/mol. The van der Waals surface area contributed by atoms with Crippen LogP contribution >= 0.6 is 11.3 Å². The number of benzene rings is 1. The summed E-state index contributed by atoms with van der Waals surface area (Å²) in [5.74, 6) is -0.248. The highest BCUT2D eigenvalue weighted by Gasteiger charge is 2.58. The predicted octanol–water partition coefficient (Wildman–Crippen LogP) is 9.30. The number of nitrogens with zero attached hydrogens (tertiary/aromatic N) is 3. The molecule has 3 aromatic rings. The molecule has 0 aliphatic carbocycles. The van der Waals surface area contributed by atoms with Crippen molar-refractivity contribution in [3.05, 3.63) is 71.0 Å². The molecule has 3 heterocycles. The van der Waals surface area contributed by atoms with E-state index in [-0.39, 0.29) is 17.4 Å². The van der Waals surface area contributed by atoms with Crippen molar-refractivity contribution in [3.63, 3.8) is 0 Å². The number of amides is 3. The maximum absolute atomic E-state index is 13.4. The lowest BCUT2D eigenvalue weighted by molar-refractivity contribution is -0.115. The van der Waals surface area contributed by atoms with Crippen LogP contribution in [0.4, 0.5) is 20.4 Å². The van der Waals surface area contributed by atoms with Gasteiger partial charge in [-0.05, 0) is 92.9 Å². The zero-order valence-corrected chi connectivity index (χ0v) is 33.7. The van der Waals surface area contributed by atoms with Gasteiger partial charge in [-0.1, -0.05) is 59.7 Å². The van der Waals surface area contributed by atoms with Crippen molar-refractivity contribution in [2.45, 2.75) is 129 Å². The van der Waals surface area contributed by atoms with E-state index in [0.29, 0.717) is 35.8 Å². The Morgan fingerprint density at radius 1 is 1.04 bits per heavy atom. The highest BCUT2D eigenvalue weighted by atomic mass is 32.1. The third-order valence-electron chi connectivity index (χ3n) is 10.1. The van der Waals surface area contributed by atoms with Gasteiger partial charge >= 0.3 is 12.2 Å². The average Bonchev–Trinajstić information content (AvgIpc) is 3.60. The number of carbonyl (C=O) groups excluding carboxylic acids is 2. The minimum atomic E-state index is -2.31. The smallest absolute Gasteiger partial charge is 0.413 e. The summed E-state index contributed by atoms with van der Waals surface area (Å²) >= 11 is 1.22. The summed E-state index contributed by atoms with van der Waals surface area (Å²) in [6, 6.07) is 11.1. The first-order valence-corrected chi connectivity index (χ1v) is 21.2. The summed E-state index contributed by atoms with van der Waals surface area (Å²) in [5.41, 5.74) is 1.24. The molecule has 0 saturated carbocycles. The number of carbonyl (C=O) groups is 3. The Bertz CT molecular complexity index is 1680. The molecule has 3 N–H and O–H groups in total. The summed E-state index contributed by atoms with van der Waals surface area (Å²) in [7, 11) is -2.31. The Morgan fingerprint density at radius 3 is 2.25 bits per heavy atom. The van der Waals surface area contributed by atoms with Crippen molar-refractivity contribution in [1.29, 1.82) is 0 Å². The van der Waals surface area contributed by atoms with Gasteiger partial charge in [-0.2, -0.15) is 0 Å². The summed E-state index contributed by atoms with van der Waals surface area (Å²) in [5, 5.41) is 18.5.